The fourth-order valence-electron chi connectivity index (χ4n) is 4.05. The van der Waals surface area contributed by atoms with Crippen molar-refractivity contribution in [2.45, 2.75) is 24.8 Å². The maximum Gasteiger partial charge on any atom is 0.141 e. The second-order valence-electron chi connectivity index (χ2n) is 8.09. The van der Waals surface area contributed by atoms with Crippen molar-refractivity contribution in [1.29, 1.82) is 0 Å². The fraction of sp³-hybridized carbons (Fsp3) is 0.138. The number of halogens is 1. The first-order chi connectivity index (χ1) is 16.2. The van der Waals surface area contributed by atoms with E-state index in [-0.39, 0.29) is 0 Å². The SMILES string of the molecule is CCCSc1ccc2nc(-c3ccc(-c4ccccc4)cc3)n(Cc3cccc(Cl)c3)c2c1. The third-order valence-corrected chi connectivity index (χ3v) is 7.11. The van der Waals surface area contributed by atoms with E-state index in [0.717, 1.165) is 45.2 Å². The van der Waals surface area contributed by atoms with Crippen molar-refractivity contribution in [2.75, 3.05) is 5.75 Å². The molecule has 33 heavy (non-hydrogen) atoms. The Morgan fingerprint density at radius 3 is 2.30 bits per heavy atom. The molecule has 0 amide bonds. The van der Waals surface area contributed by atoms with E-state index in [4.69, 9.17) is 16.6 Å². The van der Waals surface area contributed by atoms with Crippen LogP contribution in [0.3, 0.4) is 0 Å². The second-order valence-corrected chi connectivity index (χ2v) is 9.70. The Kier molecular flexibility index (Phi) is 6.52. The Morgan fingerprint density at radius 1 is 0.788 bits per heavy atom. The van der Waals surface area contributed by atoms with Crippen LogP contribution in [-0.4, -0.2) is 15.3 Å². The summed E-state index contributed by atoms with van der Waals surface area (Å²) in [4.78, 5) is 6.33. The lowest BCUT2D eigenvalue weighted by molar-refractivity contribution is 0.833. The van der Waals surface area contributed by atoms with Crippen molar-refractivity contribution in [1.82, 2.24) is 9.55 Å². The number of fused-ring (bicyclic) bond motifs is 1. The number of imidazole rings is 1. The van der Waals surface area contributed by atoms with Gasteiger partial charge in [-0.3, -0.25) is 0 Å². The minimum Gasteiger partial charge on any atom is -0.319 e. The molecule has 1 heterocycles. The highest BCUT2D eigenvalue weighted by Gasteiger charge is 2.14. The van der Waals surface area contributed by atoms with Gasteiger partial charge in [-0.1, -0.05) is 85.3 Å². The molecule has 0 unspecified atom stereocenters. The summed E-state index contributed by atoms with van der Waals surface area (Å²) in [5, 5.41) is 0.755. The Morgan fingerprint density at radius 2 is 1.55 bits per heavy atom. The van der Waals surface area contributed by atoms with Crippen LogP contribution in [0.2, 0.25) is 5.02 Å². The summed E-state index contributed by atoms with van der Waals surface area (Å²) in [5.74, 6) is 2.09. The van der Waals surface area contributed by atoms with Gasteiger partial charge in [0.15, 0.2) is 0 Å². The minimum atomic E-state index is 0.717. The molecule has 0 fully saturated rings. The van der Waals surface area contributed by atoms with Gasteiger partial charge in [-0.2, -0.15) is 0 Å². The maximum absolute atomic E-state index is 6.29. The lowest BCUT2D eigenvalue weighted by atomic mass is 10.0. The summed E-state index contributed by atoms with van der Waals surface area (Å²) in [6.45, 7) is 2.93. The Hall–Kier alpha value is -3.01. The zero-order chi connectivity index (χ0) is 22.6. The highest BCUT2D eigenvalue weighted by Crippen LogP contribution is 2.31. The standard InChI is InChI=1S/C29H25ClN2S/c1-2-17-33-26-15-16-27-28(19-26)32(20-21-7-6-10-25(30)18-21)29(31-27)24-13-11-23(12-14-24)22-8-4-3-5-9-22/h3-16,18-19H,2,17,20H2,1H3. The van der Waals surface area contributed by atoms with Crippen molar-refractivity contribution < 1.29 is 0 Å². The van der Waals surface area contributed by atoms with E-state index < -0.39 is 0 Å². The van der Waals surface area contributed by atoms with Crippen molar-refractivity contribution >= 4 is 34.4 Å². The van der Waals surface area contributed by atoms with Crippen LogP contribution in [-0.2, 0) is 6.54 Å². The van der Waals surface area contributed by atoms with E-state index in [1.807, 2.05) is 36.0 Å². The molecule has 2 nitrogen and oxygen atoms in total. The van der Waals surface area contributed by atoms with E-state index >= 15 is 0 Å². The van der Waals surface area contributed by atoms with Crippen molar-refractivity contribution in [3.05, 3.63) is 108 Å². The normalized spacial score (nSPS) is 11.2. The Labute approximate surface area is 204 Å². The smallest absolute Gasteiger partial charge is 0.141 e. The van der Waals surface area contributed by atoms with E-state index in [2.05, 4.69) is 84.3 Å². The topological polar surface area (TPSA) is 17.8 Å². The summed E-state index contributed by atoms with van der Waals surface area (Å²) in [5.41, 5.74) is 6.86. The third kappa shape index (κ3) is 4.85. The van der Waals surface area contributed by atoms with Crippen LogP contribution in [0.25, 0.3) is 33.5 Å². The van der Waals surface area contributed by atoms with Crippen LogP contribution in [0.1, 0.15) is 18.9 Å². The molecular formula is C29H25ClN2S. The molecule has 0 N–H and O–H groups in total. The van der Waals surface area contributed by atoms with Crippen LogP contribution < -0.4 is 0 Å². The van der Waals surface area contributed by atoms with Crippen LogP contribution in [0.4, 0.5) is 0 Å². The zero-order valence-electron chi connectivity index (χ0n) is 18.5. The predicted octanol–water partition coefficient (Wildman–Crippen LogP) is 8.57. The second kappa shape index (κ2) is 9.86. The first-order valence-corrected chi connectivity index (χ1v) is 12.6. The van der Waals surface area contributed by atoms with Crippen LogP contribution in [0, 0.1) is 0 Å². The lowest BCUT2D eigenvalue weighted by Gasteiger charge is -2.11. The molecule has 0 aliphatic carbocycles. The summed E-state index contributed by atoms with van der Waals surface area (Å²) >= 11 is 8.19. The Balaban J connectivity index is 1.59. The van der Waals surface area contributed by atoms with Crippen molar-refractivity contribution in [3.63, 3.8) is 0 Å². The van der Waals surface area contributed by atoms with Gasteiger partial charge in [0.2, 0.25) is 0 Å². The van der Waals surface area contributed by atoms with Crippen LogP contribution in [0.15, 0.2) is 102 Å². The summed E-state index contributed by atoms with van der Waals surface area (Å²) in [6.07, 6.45) is 1.16. The maximum atomic E-state index is 6.29. The summed E-state index contributed by atoms with van der Waals surface area (Å²) in [7, 11) is 0. The van der Waals surface area contributed by atoms with Gasteiger partial charge in [-0.15, -0.1) is 11.8 Å². The van der Waals surface area contributed by atoms with Gasteiger partial charge >= 0.3 is 0 Å². The number of rotatable bonds is 7. The molecule has 5 aromatic rings. The molecule has 4 aromatic carbocycles. The monoisotopic (exact) mass is 468 g/mol. The van der Waals surface area contributed by atoms with E-state index in [9.17, 15) is 0 Å². The lowest BCUT2D eigenvalue weighted by Crippen LogP contribution is -2.02. The molecule has 0 aliphatic heterocycles. The van der Waals surface area contributed by atoms with Gasteiger partial charge in [0.25, 0.3) is 0 Å². The van der Waals surface area contributed by atoms with Gasteiger partial charge in [-0.05, 0) is 59.2 Å². The van der Waals surface area contributed by atoms with Crippen molar-refractivity contribution in [3.8, 4) is 22.5 Å². The molecule has 164 valence electrons. The predicted molar refractivity (Wildman–Crippen MR) is 142 cm³/mol. The number of nitrogens with zero attached hydrogens (tertiary/aromatic N) is 2. The van der Waals surface area contributed by atoms with Gasteiger partial charge in [0, 0.05) is 22.0 Å². The number of hydrogen-bond donors (Lipinski definition) is 0. The number of benzene rings is 4. The fourth-order valence-corrected chi connectivity index (χ4v) is 5.06. The average molecular weight is 469 g/mol. The molecule has 0 saturated heterocycles. The first-order valence-electron chi connectivity index (χ1n) is 11.2. The molecule has 0 atom stereocenters. The van der Waals surface area contributed by atoms with Gasteiger partial charge in [0.05, 0.1) is 11.0 Å². The zero-order valence-corrected chi connectivity index (χ0v) is 20.1. The van der Waals surface area contributed by atoms with E-state index in [0.29, 0.717) is 6.54 Å². The number of aromatic nitrogens is 2. The molecule has 0 spiro atoms. The molecule has 0 aliphatic rings. The molecular weight excluding hydrogens is 444 g/mol. The van der Waals surface area contributed by atoms with Gasteiger partial charge < -0.3 is 4.57 Å². The summed E-state index contributed by atoms with van der Waals surface area (Å²) in [6, 6.07) is 33.8. The van der Waals surface area contributed by atoms with E-state index in [1.165, 1.54) is 16.0 Å². The molecule has 4 heteroatoms. The van der Waals surface area contributed by atoms with Crippen LogP contribution >= 0.6 is 23.4 Å². The van der Waals surface area contributed by atoms with E-state index in [1.54, 1.807) is 0 Å². The quantitative estimate of drug-likeness (QED) is 0.222. The Bertz CT molecular complexity index is 1370. The molecule has 1 aromatic heterocycles. The molecule has 0 radical (unpaired) electrons. The highest BCUT2D eigenvalue weighted by molar-refractivity contribution is 7.99. The van der Waals surface area contributed by atoms with Gasteiger partial charge in [-0.25, -0.2) is 4.98 Å². The highest BCUT2D eigenvalue weighted by atomic mass is 35.5. The molecule has 5 rings (SSSR count). The minimum absolute atomic E-state index is 0.717. The van der Waals surface area contributed by atoms with Crippen LogP contribution in [0.5, 0.6) is 0 Å². The molecule has 0 bridgehead atoms. The van der Waals surface area contributed by atoms with Gasteiger partial charge in [0.1, 0.15) is 5.82 Å². The largest absolute Gasteiger partial charge is 0.319 e. The molecule has 0 saturated carbocycles. The third-order valence-electron chi connectivity index (χ3n) is 5.67. The number of thioether (sulfide) groups is 1. The number of hydrogen-bond acceptors (Lipinski definition) is 2. The summed E-state index contributed by atoms with van der Waals surface area (Å²) < 4.78 is 2.31. The van der Waals surface area contributed by atoms with Crippen molar-refractivity contribution in [2.24, 2.45) is 0 Å². The average Bonchev–Trinajstić information content (AvgIpc) is 3.21. The first kappa shape index (κ1) is 21.8.